The summed E-state index contributed by atoms with van der Waals surface area (Å²) >= 11 is 0. The van der Waals surface area contributed by atoms with Crippen LogP contribution in [0.25, 0.3) is 5.57 Å². The third kappa shape index (κ3) is 6.50. The van der Waals surface area contributed by atoms with Gasteiger partial charge in [0.2, 0.25) is 0 Å². The van der Waals surface area contributed by atoms with E-state index in [0.717, 1.165) is 31.4 Å². The highest BCUT2D eigenvalue weighted by Gasteiger charge is 2.51. The minimum absolute atomic E-state index is 0.0611. The van der Waals surface area contributed by atoms with E-state index in [1.165, 1.54) is 27.8 Å². The highest BCUT2D eigenvalue weighted by Crippen LogP contribution is 2.55. The minimum atomic E-state index is -2.03. The van der Waals surface area contributed by atoms with Gasteiger partial charge in [0, 0.05) is 37.2 Å². The van der Waals surface area contributed by atoms with Crippen LogP contribution < -0.4 is 0 Å². The van der Waals surface area contributed by atoms with Gasteiger partial charge < -0.3 is 14.1 Å². The van der Waals surface area contributed by atoms with E-state index in [0.29, 0.717) is 26.2 Å². The summed E-state index contributed by atoms with van der Waals surface area (Å²) in [6.45, 7) is 22.6. The maximum absolute atomic E-state index is 15.1. The van der Waals surface area contributed by atoms with Crippen LogP contribution in [0, 0.1) is 18.2 Å². The lowest BCUT2D eigenvalue weighted by molar-refractivity contribution is 0.00730. The maximum atomic E-state index is 15.1. The number of fused-ring (bicyclic) bond motifs is 3. The number of benzene rings is 2. The molecule has 0 radical (unpaired) electrons. The van der Waals surface area contributed by atoms with Crippen molar-refractivity contribution in [2.24, 2.45) is 5.41 Å². The molecule has 234 valence electrons. The zero-order valence-electron chi connectivity index (χ0n) is 27.8. The lowest BCUT2D eigenvalue weighted by Gasteiger charge is -2.52. The minimum Gasteiger partial charge on any atom is -0.444 e. The van der Waals surface area contributed by atoms with Crippen molar-refractivity contribution in [2.45, 2.75) is 104 Å². The molecule has 7 heteroatoms. The summed E-state index contributed by atoms with van der Waals surface area (Å²) in [4.78, 5) is 17.4. The fourth-order valence-electron chi connectivity index (χ4n) is 6.86. The Hall–Kier alpha value is -2.48. The summed E-state index contributed by atoms with van der Waals surface area (Å²) in [5.74, 6) is -0.162. The smallest absolute Gasteiger partial charge is 0.410 e. The Balaban J connectivity index is 1.55. The number of piperidine rings is 1. The normalized spacial score (nSPS) is 20.8. The van der Waals surface area contributed by atoms with Crippen molar-refractivity contribution in [3.05, 3.63) is 76.1 Å². The van der Waals surface area contributed by atoms with Crippen LogP contribution in [0.15, 0.2) is 48.0 Å². The van der Waals surface area contributed by atoms with Gasteiger partial charge in [-0.2, -0.15) is 0 Å². The quantitative estimate of drug-likeness (QED) is 0.321. The number of hydrogen-bond acceptors (Lipinski definition) is 4. The third-order valence-electron chi connectivity index (χ3n) is 10.2. The Kier molecular flexibility index (Phi) is 8.51. The second kappa shape index (κ2) is 11.5. The summed E-state index contributed by atoms with van der Waals surface area (Å²) < 4.78 is 27.8. The SMILES string of the molecule is Cc1ccc2c(c1)CC1=C2C2(CCN(C(=O)OC(C)(C)C)CC2)CN(Cc2ccccc2F)[C@@H]1CO[Si](C)(C)C(C)(C)C. The van der Waals surface area contributed by atoms with E-state index in [4.69, 9.17) is 9.16 Å². The standard InChI is InChI=1S/C36H51FN2O3Si/c1-25-14-15-28-27(20-25)21-29-31(23-41-43(8,9)35(5,6)7)39(22-26-12-10-11-13-30(26)37)24-36(32(28)29)16-18-38(19-17-36)33(40)42-34(2,3)4/h10-15,20,31H,16-19,21-24H2,1-9H3/t31-/m1/s1. The Morgan fingerprint density at radius 2 is 1.72 bits per heavy atom. The molecular formula is C36H51FN2O3Si. The number of likely N-dealkylation sites (tertiary alicyclic amines) is 1. The van der Waals surface area contributed by atoms with Gasteiger partial charge in [-0.15, -0.1) is 0 Å². The van der Waals surface area contributed by atoms with Gasteiger partial charge >= 0.3 is 6.09 Å². The monoisotopic (exact) mass is 606 g/mol. The first kappa shape index (κ1) is 31.9. The predicted molar refractivity (Wildman–Crippen MR) is 175 cm³/mol. The fraction of sp³-hybridized carbons (Fsp3) is 0.583. The molecule has 0 unspecified atom stereocenters. The molecule has 2 aliphatic heterocycles. The van der Waals surface area contributed by atoms with Crippen LogP contribution in [0.5, 0.6) is 0 Å². The molecule has 1 saturated heterocycles. The Bertz CT molecular complexity index is 1400. The average molecular weight is 607 g/mol. The predicted octanol–water partition coefficient (Wildman–Crippen LogP) is 8.37. The van der Waals surface area contributed by atoms with Crippen LogP contribution in [0.1, 0.15) is 76.6 Å². The Morgan fingerprint density at radius 3 is 2.35 bits per heavy atom. The summed E-state index contributed by atoms with van der Waals surface area (Å²) in [6, 6.07) is 14.1. The molecule has 1 aliphatic carbocycles. The van der Waals surface area contributed by atoms with Crippen molar-refractivity contribution in [2.75, 3.05) is 26.2 Å². The highest BCUT2D eigenvalue weighted by atomic mass is 28.4. The van der Waals surface area contributed by atoms with Gasteiger partial charge in [-0.3, -0.25) is 4.90 Å². The Labute approximate surface area is 259 Å². The number of carbonyl (C=O) groups is 1. The van der Waals surface area contributed by atoms with E-state index in [1.807, 2.05) is 37.8 Å². The lowest BCUT2D eigenvalue weighted by Crippen LogP contribution is -2.56. The molecule has 0 aromatic heterocycles. The Morgan fingerprint density at radius 1 is 1.05 bits per heavy atom. The third-order valence-corrected chi connectivity index (χ3v) is 14.7. The molecule has 2 heterocycles. The average Bonchev–Trinajstić information content (AvgIpc) is 3.28. The van der Waals surface area contributed by atoms with Crippen LogP contribution in [0.4, 0.5) is 9.18 Å². The molecule has 5 nitrogen and oxygen atoms in total. The lowest BCUT2D eigenvalue weighted by atomic mass is 9.66. The van der Waals surface area contributed by atoms with Gasteiger partial charge in [-0.05, 0) is 93.4 Å². The fourth-order valence-corrected chi connectivity index (χ4v) is 7.87. The van der Waals surface area contributed by atoms with E-state index in [9.17, 15) is 4.79 Å². The van der Waals surface area contributed by atoms with Gasteiger partial charge in [0.05, 0.1) is 12.6 Å². The topological polar surface area (TPSA) is 42.0 Å². The van der Waals surface area contributed by atoms with Crippen LogP contribution in [-0.4, -0.2) is 62.1 Å². The van der Waals surface area contributed by atoms with Gasteiger partial charge in [0.25, 0.3) is 0 Å². The van der Waals surface area contributed by atoms with E-state index in [1.54, 1.807) is 12.1 Å². The molecule has 2 aromatic carbocycles. The van der Waals surface area contributed by atoms with Gasteiger partial charge in [-0.25, -0.2) is 9.18 Å². The van der Waals surface area contributed by atoms with Crippen molar-refractivity contribution in [3.63, 3.8) is 0 Å². The first-order valence-corrected chi connectivity index (χ1v) is 18.8. The van der Waals surface area contributed by atoms with E-state index in [-0.39, 0.29) is 28.4 Å². The number of hydrogen-bond donors (Lipinski definition) is 0. The summed E-state index contributed by atoms with van der Waals surface area (Å²) in [6.07, 6.45) is 2.35. The number of nitrogens with zero attached hydrogens (tertiary/aromatic N) is 2. The van der Waals surface area contributed by atoms with Crippen molar-refractivity contribution in [1.82, 2.24) is 9.80 Å². The number of ether oxygens (including phenoxy) is 1. The van der Waals surface area contributed by atoms with Crippen LogP contribution >= 0.6 is 0 Å². The van der Waals surface area contributed by atoms with E-state index >= 15 is 4.39 Å². The largest absolute Gasteiger partial charge is 0.444 e. The number of halogens is 1. The first-order chi connectivity index (χ1) is 20.0. The van der Waals surface area contributed by atoms with Crippen LogP contribution in [0.3, 0.4) is 0 Å². The molecule has 2 aromatic rings. The zero-order valence-corrected chi connectivity index (χ0v) is 28.8. The highest BCUT2D eigenvalue weighted by molar-refractivity contribution is 6.74. The summed E-state index contributed by atoms with van der Waals surface area (Å²) in [5, 5.41) is 0.0979. The molecule has 0 bridgehead atoms. The second-order valence-electron chi connectivity index (χ2n) is 15.6. The molecule has 0 N–H and O–H groups in total. The van der Waals surface area contributed by atoms with Crippen LogP contribution in [0.2, 0.25) is 18.1 Å². The molecule has 1 atom stereocenters. The van der Waals surface area contributed by atoms with Gasteiger partial charge in [-0.1, -0.05) is 62.7 Å². The number of aryl methyl sites for hydroxylation is 1. The van der Waals surface area contributed by atoms with Crippen molar-refractivity contribution < 1.29 is 18.3 Å². The van der Waals surface area contributed by atoms with Crippen molar-refractivity contribution in [1.29, 1.82) is 0 Å². The molecule has 1 amide bonds. The van der Waals surface area contributed by atoms with E-state index < -0.39 is 13.9 Å². The molecule has 1 fully saturated rings. The summed E-state index contributed by atoms with van der Waals surface area (Å²) in [5.41, 5.74) is 6.95. The van der Waals surface area contributed by atoms with Crippen molar-refractivity contribution in [3.8, 4) is 0 Å². The molecule has 1 spiro atoms. The zero-order chi connectivity index (χ0) is 31.4. The number of rotatable bonds is 5. The van der Waals surface area contributed by atoms with Gasteiger partial charge in [0.15, 0.2) is 8.32 Å². The first-order valence-electron chi connectivity index (χ1n) is 15.9. The van der Waals surface area contributed by atoms with Crippen LogP contribution in [-0.2, 0) is 22.1 Å². The molecular weight excluding hydrogens is 555 g/mol. The maximum Gasteiger partial charge on any atom is 0.410 e. The van der Waals surface area contributed by atoms with Gasteiger partial charge in [0.1, 0.15) is 11.4 Å². The van der Waals surface area contributed by atoms with Crippen molar-refractivity contribution >= 4 is 20.0 Å². The molecule has 43 heavy (non-hydrogen) atoms. The molecule has 5 rings (SSSR count). The number of carbonyl (C=O) groups excluding carboxylic acids is 1. The molecule has 3 aliphatic rings. The number of amides is 1. The molecule has 0 saturated carbocycles. The summed E-state index contributed by atoms with van der Waals surface area (Å²) in [7, 11) is -2.03. The second-order valence-corrected chi connectivity index (χ2v) is 20.4. The van der Waals surface area contributed by atoms with E-state index in [2.05, 4.69) is 63.9 Å².